The van der Waals surface area contributed by atoms with Gasteiger partial charge in [0.25, 0.3) is 0 Å². The van der Waals surface area contributed by atoms with Crippen LogP contribution in [0.2, 0.25) is 0 Å². The van der Waals surface area contributed by atoms with E-state index in [0.717, 1.165) is 23.0 Å². The van der Waals surface area contributed by atoms with Crippen molar-refractivity contribution in [2.75, 3.05) is 12.4 Å². The van der Waals surface area contributed by atoms with Crippen LogP contribution in [-0.2, 0) is 11.0 Å². The highest BCUT2D eigenvalue weighted by atomic mass is 79.9. The third-order valence-electron chi connectivity index (χ3n) is 4.70. The molecule has 0 N–H and O–H groups in total. The summed E-state index contributed by atoms with van der Waals surface area (Å²) in [6.07, 6.45) is -3.14. The molecule has 1 aromatic heterocycles. The molecule has 156 valence electrons. The average Bonchev–Trinajstić information content (AvgIpc) is 3.32. The number of benzene rings is 2. The number of aromatic nitrogens is 3. The predicted octanol–water partition coefficient (Wildman–Crippen LogP) is 5.39. The molecule has 5 nitrogen and oxygen atoms in total. The lowest BCUT2D eigenvalue weighted by molar-refractivity contribution is -0.137. The average molecular weight is 497 g/mol. The second-order valence-corrected chi connectivity index (χ2v) is 8.47. The van der Waals surface area contributed by atoms with Gasteiger partial charge in [-0.25, -0.2) is 0 Å². The van der Waals surface area contributed by atoms with Gasteiger partial charge in [-0.3, -0.25) is 9.36 Å². The lowest BCUT2D eigenvalue weighted by Gasteiger charge is -2.16. The Balaban J connectivity index is 1.78. The van der Waals surface area contributed by atoms with Crippen LogP contribution in [-0.4, -0.2) is 38.0 Å². The summed E-state index contributed by atoms with van der Waals surface area (Å²) in [6, 6.07) is 12.4. The Morgan fingerprint density at radius 3 is 2.60 bits per heavy atom. The van der Waals surface area contributed by atoms with Crippen LogP contribution >= 0.6 is 27.7 Å². The number of thioether (sulfide) groups is 1. The van der Waals surface area contributed by atoms with Gasteiger partial charge in [-0.05, 0) is 30.7 Å². The maximum atomic E-state index is 13.3. The zero-order valence-electron chi connectivity index (χ0n) is 15.6. The first-order chi connectivity index (χ1) is 14.3. The van der Waals surface area contributed by atoms with Gasteiger partial charge in [0.1, 0.15) is 0 Å². The molecular weight excluding hydrogens is 481 g/mol. The van der Waals surface area contributed by atoms with Gasteiger partial charge in [-0.15, -0.1) is 10.2 Å². The number of likely N-dealkylation sites (tertiary alicyclic amines) is 1. The molecule has 2 heterocycles. The highest BCUT2D eigenvalue weighted by Gasteiger charge is 2.31. The molecule has 0 bridgehead atoms. The van der Waals surface area contributed by atoms with Crippen molar-refractivity contribution in [2.24, 2.45) is 0 Å². The van der Waals surface area contributed by atoms with Gasteiger partial charge in [0.2, 0.25) is 5.91 Å². The van der Waals surface area contributed by atoms with E-state index in [4.69, 9.17) is 0 Å². The van der Waals surface area contributed by atoms with E-state index < -0.39 is 11.7 Å². The van der Waals surface area contributed by atoms with Crippen molar-refractivity contribution < 1.29 is 18.0 Å². The molecule has 0 radical (unpaired) electrons. The number of carbonyl (C=O) groups excluding carboxylic acids is 1. The van der Waals surface area contributed by atoms with Gasteiger partial charge in [0, 0.05) is 23.0 Å². The van der Waals surface area contributed by atoms with Crippen LogP contribution in [0.3, 0.4) is 0 Å². The molecule has 30 heavy (non-hydrogen) atoms. The summed E-state index contributed by atoms with van der Waals surface area (Å²) in [5.74, 6) is 0.849. The fourth-order valence-electron chi connectivity index (χ4n) is 3.21. The number of alkyl halides is 3. The third kappa shape index (κ3) is 4.24. The van der Waals surface area contributed by atoms with Crippen molar-refractivity contribution in [3.05, 3.63) is 58.6 Å². The van der Waals surface area contributed by atoms with E-state index in [9.17, 15) is 18.0 Å². The van der Waals surface area contributed by atoms with E-state index in [2.05, 4.69) is 26.1 Å². The summed E-state index contributed by atoms with van der Waals surface area (Å²) in [4.78, 5) is 13.6. The quantitative estimate of drug-likeness (QED) is 0.444. The Hall–Kier alpha value is -2.33. The van der Waals surface area contributed by atoms with Crippen molar-refractivity contribution in [3.8, 4) is 17.1 Å². The fraction of sp³-hybridized carbons (Fsp3) is 0.250. The molecule has 4 rings (SSSR count). The van der Waals surface area contributed by atoms with Gasteiger partial charge in [-0.1, -0.05) is 52.0 Å². The van der Waals surface area contributed by atoms with Crippen molar-refractivity contribution >= 4 is 33.6 Å². The monoisotopic (exact) mass is 496 g/mol. The molecule has 1 aliphatic rings. The maximum Gasteiger partial charge on any atom is 0.416 e. The van der Waals surface area contributed by atoms with E-state index in [1.54, 1.807) is 15.5 Å². The molecule has 0 saturated carbocycles. The maximum absolute atomic E-state index is 13.3. The minimum absolute atomic E-state index is 0.0682. The van der Waals surface area contributed by atoms with E-state index in [1.165, 1.54) is 17.8 Å². The lowest BCUT2D eigenvalue weighted by Crippen LogP contribution is -2.24. The fourth-order valence-corrected chi connectivity index (χ4v) is 4.64. The van der Waals surface area contributed by atoms with Crippen LogP contribution in [0.4, 0.5) is 13.2 Å². The predicted molar refractivity (Wildman–Crippen MR) is 111 cm³/mol. The number of nitrogens with zero attached hydrogens (tertiary/aromatic N) is 4. The zero-order chi connectivity index (χ0) is 21.3. The van der Waals surface area contributed by atoms with E-state index in [1.807, 2.05) is 24.3 Å². The molecule has 1 aliphatic heterocycles. The smallest absolute Gasteiger partial charge is 0.333 e. The van der Waals surface area contributed by atoms with Crippen LogP contribution < -0.4 is 0 Å². The Morgan fingerprint density at radius 2 is 1.90 bits per heavy atom. The Bertz CT molecular complexity index is 1090. The molecule has 1 amide bonds. The van der Waals surface area contributed by atoms with Crippen molar-refractivity contribution in [2.45, 2.75) is 24.2 Å². The van der Waals surface area contributed by atoms with Crippen LogP contribution in [0, 0.1) is 0 Å². The number of rotatable bonds is 5. The van der Waals surface area contributed by atoms with Crippen molar-refractivity contribution in [3.63, 3.8) is 0 Å². The Kier molecular flexibility index (Phi) is 5.88. The van der Waals surface area contributed by atoms with Crippen LogP contribution in [0.15, 0.2) is 58.2 Å². The molecule has 1 fully saturated rings. The third-order valence-corrected chi connectivity index (χ3v) is 6.36. The molecule has 1 saturated heterocycles. The SMILES string of the molecule is O=C1CCCN1CSc1nnc(-c2ccccc2Br)n1-c1cccc(C(F)(F)F)c1. The summed E-state index contributed by atoms with van der Waals surface area (Å²) >= 11 is 4.75. The molecule has 0 spiro atoms. The van der Waals surface area contributed by atoms with Gasteiger partial charge in [0.15, 0.2) is 11.0 Å². The normalized spacial score (nSPS) is 14.5. The molecule has 0 atom stereocenters. The lowest BCUT2D eigenvalue weighted by atomic mass is 10.1. The second kappa shape index (κ2) is 8.43. The van der Waals surface area contributed by atoms with Crippen LogP contribution in [0.5, 0.6) is 0 Å². The van der Waals surface area contributed by atoms with Gasteiger partial charge in [-0.2, -0.15) is 13.2 Å². The van der Waals surface area contributed by atoms with Gasteiger partial charge < -0.3 is 4.90 Å². The van der Waals surface area contributed by atoms with Crippen LogP contribution in [0.25, 0.3) is 17.1 Å². The van der Waals surface area contributed by atoms with Crippen molar-refractivity contribution in [1.29, 1.82) is 0 Å². The molecule has 10 heteroatoms. The molecule has 3 aromatic rings. The minimum Gasteiger partial charge on any atom is -0.333 e. The number of carbonyl (C=O) groups is 1. The number of hydrogen-bond donors (Lipinski definition) is 0. The first kappa shape index (κ1) is 20.9. The summed E-state index contributed by atoms with van der Waals surface area (Å²) < 4.78 is 42.2. The summed E-state index contributed by atoms with van der Waals surface area (Å²) in [5.41, 5.74) is 0.250. The van der Waals surface area contributed by atoms with Crippen molar-refractivity contribution in [1.82, 2.24) is 19.7 Å². The Labute approximate surface area is 183 Å². The van der Waals surface area contributed by atoms with Gasteiger partial charge >= 0.3 is 6.18 Å². The van der Waals surface area contributed by atoms with E-state index >= 15 is 0 Å². The standard InChI is InChI=1S/C20H16BrF3N4OS/c21-16-8-2-1-7-15(16)18-25-26-19(30-12-27-10-4-9-17(27)29)28(18)14-6-3-5-13(11-14)20(22,23)24/h1-3,5-8,11H,4,9-10,12H2. The second-order valence-electron chi connectivity index (χ2n) is 6.70. The summed E-state index contributed by atoms with van der Waals surface area (Å²) in [5, 5.41) is 8.90. The molecule has 2 aromatic carbocycles. The first-order valence-electron chi connectivity index (χ1n) is 9.13. The number of halogens is 4. The number of hydrogen-bond acceptors (Lipinski definition) is 4. The minimum atomic E-state index is -4.47. The number of amides is 1. The first-order valence-corrected chi connectivity index (χ1v) is 10.9. The Morgan fingerprint density at radius 1 is 1.10 bits per heavy atom. The topological polar surface area (TPSA) is 51.0 Å². The zero-order valence-corrected chi connectivity index (χ0v) is 18.0. The van der Waals surface area contributed by atoms with E-state index in [-0.39, 0.29) is 5.91 Å². The molecular formula is C20H16BrF3N4OS. The summed E-state index contributed by atoms with van der Waals surface area (Å²) in [6.45, 7) is 0.667. The largest absolute Gasteiger partial charge is 0.416 e. The molecule has 0 aliphatic carbocycles. The van der Waals surface area contributed by atoms with E-state index in [0.29, 0.717) is 41.1 Å². The summed E-state index contributed by atoms with van der Waals surface area (Å²) in [7, 11) is 0. The highest BCUT2D eigenvalue weighted by molar-refractivity contribution is 9.10. The highest BCUT2D eigenvalue weighted by Crippen LogP contribution is 2.35. The van der Waals surface area contributed by atoms with Gasteiger partial charge in [0.05, 0.1) is 17.1 Å². The molecule has 0 unspecified atom stereocenters. The van der Waals surface area contributed by atoms with Crippen LogP contribution in [0.1, 0.15) is 18.4 Å².